The lowest BCUT2D eigenvalue weighted by Gasteiger charge is -2.31. The fourth-order valence-electron chi connectivity index (χ4n) is 8.48. The van der Waals surface area contributed by atoms with Crippen molar-refractivity contribution in [3.05, 3.63) is 251 Å². The van der Waals surface area contributed by atoms with Crippen LogP contribution in [0.3, 0.4) is 0 Å². The number of fused-ring (bicyclic) bond motifs is 10. The van der Waals surface area contributed by atoms with E-state index in [9.17, 15) is 0 Å². The van der Waals surface area contributed by atoms with Gasteiger partial charge in [0.2, 0.25) is 0 Å². The summed E-state index contributed by atoms with van der Waals surface area (Å²) in [5, 5.41) is 0. The third-order valence-electron chi connectivity index (χ3n) is 10.7. The first-order valence-corrected chi connectivity index (χ1v) is 18.2. The number of rotatable bonds is 6. The molecule has 0 heterocycles. The Labute approximate surface area is 310 Å². The highest BCUT2D eigenvalue weighted by molar-refractivity contribution is 6.16. The molecule has 0 aromatic heterocycles. The Morgan fingerprint density at radius 3 is 1.04 bits per heavy atom. The summed E-state index contributed by atoms with van der Waals surface area (Å²) in [6.45, 7) is 0. The fraction of sp³-hybridized carbons (Fsp3) is 0.0196. The van der Waals surface area contributed by atoms with Crippen LogP contribution in [-0.2, 0) is 5.41 Å². The van der Waals surface area contributed by atoms with E-state index in [4.69, 9.17) is 9.98 Å². The van der Waals surface area contributed by atoms with Gasteiger partial charge in [0.05, 0.1) is 28.2 Å². The molecule has 8 aromatic carbocycles. The maximum Gasteiger partial charge on any atom is 0.0781 e. The third kappa shape index (κ3) is 5.03. The van der Waals surface area contributed by atoms with Gasteiger partial charge in [-0.25, -0.2) is 9.98 Å². The molecule has 0 N–H and O–H groups in total. The molecule has 0 saturated heterocycles. The highest BCUT2D eigenvalue weighted by Gasteiger charge is 2.51. The van der Waals surface area contributed by atoms with Crippen LogP contribution in [0.5, 0.6) is 0 Å². The molecule has 10 rings (SSSR count). The quantitative estimate of drug-likeness (QED) is 0.157. The summed E-state index contributed by atoms with van der Waals surface area (Å²) < 4.78 is 0. The van der Waals surface area contributed by atoms with Crippen molar-refractivity contribution in [3.63, 3.8) is 0 Å². The summed E-state index contributed by atoms with van der Waals surface area (Å²) in [7, 11) is 0. The van der Waals surface area contributed by atoms with Crippen LogP contribution in [0.15, 0.2) is 216 Å². The molecule has 0 bridgehead atoms. The predicted molar refractivity (Wildman–Crippen MR) is 219 cm³/mol. The molecule has 2 nitrogen and oxygen atoms in total. The summed E-state index contributed by atoms with van der Waals surface area (Å²) in [5.41, 5.74) is 17.8. The summed E-state index contributed by atoms with van der Waals surface area (Å²) in [4.78, 5) is 10.6. The lowest BCUT2D eigenvalue weighted by Crippen LogP contribution is -2.26. The summed E-state index contributed by atoms with van der Waals surface area (Å²) in [6.07, 6.45) is 0. The molecule has 0 saturated carbocycles. The molecule has 0 radical (unpaired) electrons. The Kier molecular flexibility index (Phi) is 7.40. The zero-order chi connectivity index (χ0) is 35.2. The predicted octanol–water partition coefficient (Wildman–Crippen LogP) is 12.4. The zero-order valence-corrected chi connectivity index (χ0v) is 29.0. The average Bonchev–Trinajstić information content (AvgIpc) is 3.70. The van der Waals surface area contributed by atoms with Crippen LogP contribution in [-0.4, -0.2) is 11.4 Å². The van der Waals surface area contributed by atoms with Crippen LogP contribution in [0.4, 0.5) is 11.4 Å². The molecule has 1 spiro atoms. The molecular formula is C51H34N2. The van der Waals surface area contributed by atoms with Crippen LogP contribution in [0.25, 0.3) is 22.3 Å². The van der Waals surface area contributed by atoms with Crippen molar-refractivity contribution in [2.24, 2.45) is 9.98 Å². The van der Waals surface area contributed by atoms with Crippen molar-refractivity contribution in [1.82, 2.24) is 0 Å². The van der Waals surface area contributed by atoms with Crippen LogP contribution in [0, 0.1) is 0 Å². The lowest BCUT2D eigenvalue weighted by atomic mass is 9.70. The van der Waals surface area contributed by atoms with Gasteiger partial charge < -0.3 is 0 Å². The number of nitrogens with zero attached hydrogens (tertiary/aromatic N) is 2. The van der Waals surface area contributed by atoms with Crippen molar-refractivity contribution >= 4 is 22.8 Å². The maximum atomic E-state index is 5.29. The number of hydrogen-bond donors (Lipinski definition) is 0. The van der Waals surface area contributed by atoms with Crippen LogP contribution in [0.1, 0.15) is 44.5 Å². The Hall–Kier alpha value is -6.90. The first kappa shape index (κ1) is 30.9. The van der Waals surface area contributed by atoms with Crippen molar-refractivity contribution in [2.45, 2.75) is 5.41 Å². The van der Waals surface area contributed by atoms with E-state index in [1.54, 1.807) is 0 Å². The SMILES string of the molecule is c1ccc(/N=C(\c2ccccc2)c2ccc3c(c2)C2(c4ccccc4-3)c3ccccc3-c3ccc(/C(=N/c4ccccc4)c4ccccc4)cc32)cc1. The van der Waals surface area contributed by atoms with Gasteiger partial charge in [-0.05, 0) is 80.9 Å². The average molecular weight is 675 g/mol. The van der Waals surface area contributed by atoms with E-state index >= 15 is 0 Å². The van der Waals surface area contributed by atoms with E-state index in [0.29, 0.717) is 0 Å². The van der Waals surface area contributed by atoms with Crippen LogP contribution >= 0.6 is 0 Å². The van der Waals surface area contributed by atoms with Gasteiger partial charge in [-0.15, -0.1) is 0 Å². The van der Waals surface area contributed by atoms with Gasteiger partial charge in [0, 0.05) is 22.3 Å². The van der Waals surface area contributed by atoms with Gasteiger partial charge in [0.25, 0.3) is 0 Å². The molecule has 0 fully saturated rings. The minimum atomic E-state index is -0.535. The first-order valence-electron chi connectivity index (χ1n) is 18.2. The molecule has 0 atom stereocenters. The summed E-state index contributed by atoms with van der Waals surface area (Å²) in [5.74, 6) is 0. The first-order chi connectivity index (χ1) is 26.3. The van der Waals surface area contributed by atoms with Crippen LogP contribution in [0.2, 0.25) is 0 Å². The van der Waals surface area contributed by atoms with Gasteiger partial charge in [-0.1, -0.05) is 170 Å². The molecule has 2 heteroatoms. The van der Waals surface area contributed by atoms with E-state index < -0.39 is 5.41 Å². The van der Waals surface area contributed by atoms with Crippen molar-refractivity contribution < 1.29 is 0 Å². The number of aliphatic imine (C=N–C) groups is 2. The maximum absolute atomic E-state index is 5.29. The van der Waals surface area contributed by atoms with Crippen LogP contribution < -0.4 is 0 Å². The molecule has 8 aromatic rings. The monoisotopic (exact) mass is 674 g/mol. The summed E-state index contributed by atoms with van der Waals surface area (Å²) >= 11 is 0. The number of para-hydroxylation sites is 2. The molecule has 53 heavy (non-hydrogen) atoms. The zero-order valence-electron chi connectivity index (χ0n) is 29.0. The van der Waals surface area contributed by atoms with Gasteiger partial charge in [-0.3, -0.25) is 0 Å². The highest BCUT2D eigenvalue weighted by atomic mass is 14.8. The van der Waals surface area contributed by atoms with Gasteiger partial charge in [-0.2, -0.15) is 0 Å². The highest BCUT2D eigenvalue weighted by Crippen LogP contribution is 2.63. The molecule has 0 aliphatic heterocycles. The lowest BCUT2D eigenvalue weighted by molar-refractivity contribution is 0.793. The minimum Gasteiger partial charge on any atom is -0.248 e. The normalized spacial score (nSPS) is 15.5. The summed E-state index contributed by atoms with van der Waals surface area (Å²) in [6, 6.07) is 73.6. The van der Waals surface area contributed by atoms with Crippen molar-refractivity contribution in [3.8, 4) is 22.3 Å². The third-order valence-corrected chi connectivity index (χ3v) is 10.7. The Balaban J connectivity index is 1.25. The van der Waals surface area contributed by atoms with Gasteiger partial charge in [0.15, 0.2) is 0 Å². The van der Waals surface area contributed by atoms with E-state index in [-0.39, 0.29) is 0 Å². The Morgan fingerprint density at radius 1 is 0.283 bits per heavy atom. The smallest absolute Gasteiger partial charge is 0.0781 e. The number of hydrogen-bond acceptors (Lipinski definition) is 2. The van der Waals surface area contributed by atoms with E-state index in [1.165, 1.54) is 44.5 Å². The van der Waals surface area contributed by atoms with Crippen molar-refractivity contribution in [2.75, 3.05) is 0 Å². The molecule has 248 valence electrons. The number of benzene rings is 8. The van der Waals surface area contributed by atoms with Gasteiger partial charge in [0.1, 0.15) is 0 Å². The van der Waals surface area contributed by atoms with Crippen molar-refractivity contribution in [1.29, 1.82) is 0 Å². The molecular weight excluding hydrogens is 641 g/mol. The topological polar surface area (TPSA) is 24.7 Å². The second-order valence-electron chi connectivity index (χ2n) is 13.7. The van der Waals surface area contributed by atoms with Gasteiger partial charge >= 0.3 is 0 Å². The molecule has 2 aliphatic rings. The van der Waals surface area contributed by atoms with E-state index in [0.717, 1.165) is 45.1 Å². The minimum absolute atomic E-state index is 0.535. The molecule has 2 aliphatic carbocycles. The largest absolute Gasteiger partial charge is 0.248 e. The fourth-order valence-corrected chi connectivity index (χ4v) is 8.48. The Morgan fingerprint density at radius 2 is 0.623 bits per heavy atom. The molecule has 0 amide bonds. The Bertz CT molecular complexity index is 2500. The standard InChI is InChI=1S/C51H34N2/c1-5-17-35(18-6-1)49(52-39-21-9-3-10-22-39)37-29-31-43-41-25-13-15-27-45(41)51(47(43)33-37)46-28-16-14-26-42(46)44-32-30-38(34-48(44)51)50(36-19-7-2-8-20-36)53-40-23-11-4-12-24-40/h1-34H/b52-49+,53-50+. The second kappa shape index (κ2) is 12.7. The molecule has 0 unspecified atom stereocenters. The van der Waals surface area contributed by atoms with E-state index in [2.05, 4.69) is 170 Å². The second-order valence-corrected chi connectivity index (χ2v) is 13.7. The van der Waals surface area contributed by atoms with E-state index in [1.807, 2.05) is 36.4 Å².